The summed E-state index contributed by atoms with van der Waals surface area (Å²) in [6.45, 7) is 8.39. The predicted octanol–water partition coefficient (Wildman–Crippen LogP) is 0.884. The zero-order chi connectivity index (χ0) is 10.8. The first-order valence-corrected chi connectivity index (χ1v) is 5.97. The number of carbonyl (C=O) groups is 1. The monoisotopic (exact) mass is 211 g/mol. The van der Waals surface area contributed by atoms with Crippen molar-refractivity contribution in [1.82, 2.24) is 15.1 Å². The third-order valence-corrected chi connectivity index (χ3v) is 3.49. The van der Waals surface area contributed by atoms with Crippen molar-refractivity contribution in [3.63, 3.8) is 0 Å². The first kappa shape index (κ1) is 10.7. The normalized spacial score (nSPS) is 28.6. The largest absolute Gasteiger partial charge is 0.336 e. The Morgan fingerprint density at radius 2 is 2.20 bits per heavy atom. The van der Waals surface area contributed by atoms with Gasteiger partial charge < -0.3 is 10.2 Å². The van der Waals surface area contributed by atoms with Crippen molar-refractivity contribution in [3.8, 4) is 0 Å². The smallest absolute Gasteiger partial charge is 0.317 e. The van der Waals surface area contributed by atoms with Gasteiger partial charge in [0.2, 0.25) is 0 Å². The molecule has 2 rings (SSSR count). The number of piperidine rings is 1. The average molecular weight is 211 g/mol. The van der Waals surface area contributed by atoms with Gasteiger partial charge in [-0.3, -0.25) is 4.90 Å². The van der Waals surface area contributed by atoms with Gasteiger partial charge in [-0.15, -0.1) is 0 Å². The van der Waals surface area contributed by atoms with E-state index >= 15 is 0 Å². The van der Waals surface area contributed by atoms with Crippen molar-refractivity contribution in [1.29, 1.82) is 0 Å². The van der Waals surface area contributed by atoms with E-state index in [1.165, 1.54) is 13.0 Å². The first-order chi connectivity index (χ1) is 7.18. The minimum Gasteiger partial charge on any atom is -0.336 e. The molecule has 2 amide bonds. The summed E-state index contributed by atoms with van der Waals surface area (Å²) in [5.74, 6) is 0. The maximum absolute atomic E-state index is 11.5. The van der Waals surface area contributed by atoms with Gasteiger partial charge in [-0.25, -0.2) is 4.79 Å². The van der Waals surface area contributed by atoms with Crippen LogP contribution >= 0.6 is 0 Å². The fourth-order valence-corrected chi connectivity index (χ4v) is 2.54. The number of urea groups is 1. The highest BCUT2D eigenvalue weighted by Crippen LogP contribution is 2.18. The summed E-state index contributed by atoms with van der Waals surface area (Å²) < 4.78 is 0. The van der Waals surface area contributed by atoms with Crippen LogP contribution in [-0.4, -0.2) is 54.1 Å². The Hall–Kier alpha value is -0.770. The molecule has 1 N–H and O–H groups in total. The molecule has 0 aromatic heterocycles. The molecule has 0 bridgehead atoms. The third kappa shape index (κ3) is 2.25. The molecule has 0 aromatic rings. The van der Waals surface area contributed by atoms with Gasteiger partial charge in [0.25, 0.3) is 0 Å². The molecule has 2 heterocycles. The summed E-state index contributed by atoms with van der Waals surface area (Å²) in [6, 6.07) is 1.16. The molecule has 4 nitrogen and oxygen atoms in total. The lowest BCUT2D eigenvalue weighted by molar-refractivity contribution is 0.106. The highest BCUT2D eigenvalue weighted by Gasteiger charge is 2.31. The Balaban J connectivity index is 1.94. The number of rotatable bonds is 2. The van der Waals surface area contributed by atoms with E-state index in [1.54, 1.807) is 0 Å². The van der Waals surface area contributed by atoms with Crippen molar-refractivity contribution in [2.45, 2.75) is 38.8 Å². The maximum atomic E-state index is 11.5. The topological polar surface area (TPSA) is 35.6 Å². The Kier molecular flexibility index (Phi) is 3.14. The van der Waals surface area contributed by atoms with Gasteiger partial charge in [0.1, 0.15) is 0 Å². The molecular formula is C11H21N3O. The van der Waals surface area contributed by atoms with E-state index in [2.05, 4.69) is 24.1 Å². The summed E-state index contributed by atoms with van der Waals surface area (Å²) in [4.78, 5) is 16.0. The Morgan fingerprint density at radius 1 is 1.40 bits per heavy atom. The average Bonchev–Trinajstić information content (AvgIpc) is 2.64. The molecule has 0 radical (unpaired) electrons. The van der Waals surface area contributed by atoms with Crippen molar-refractivity contribution in [3.05, 3.63) is 0 Å². The number of hydrogen-bond donors (Lipinski definition) is 1. The molecule has 0 saturated carbocycles. The van der Waals surface area contributed by atoms with Crippen LogP contribution in [-0.2, 0) is 0 Å². The minimum absolute atomic E-state index is 0.130. The van der Waals surface area contributed by atoms with Gasteiger partial charge in [-0.05, 0) is 33.2 Å². The van der Waals surface area contributed by atoms with E-state index in [9.17, 15) is 4.79 Å². The molecule has 2 aliphatic rings. The summed E-state index contributed by atoms with van der Waals surface area (Å²) in [5.41, 5.74) is 0. The molecule has 2 fully saturated rings. The van der Waals surface area contributed by atoms with Gasteiger partial charge in [0.05, 0.1) is 0 Å². The van der Waals surface area contributed by atoms with Crippen LogP contribution in [0.25, 0.3) is 0 Å². The fraction of sp³-hybridized carbons (Fsp3) is 0.909. The second-order valence-corrected chi connectivity index (χ2v) is 4.81. The summed E-state index contributed by atoms with van der Waals surface area (Å²) in [7, 11) is 0. The summed E-state index contributed by atoms with van der Waals surface area (Å²) >= 11 is 0. The lowest BCUT2D eigenvalue weighted by Gasteiger charge is -2.39. The number of amides is 2. The molecule has 15 heavy (non-hydrogen) atoms. The van der Waals surface area contributed by atoms with Crippen molar-refractivity contribution >= 4 is 6.03 Å². The molecule has 4 heteroatoms. The first-order valence-electron chi connectivity index (χ1n) is 5.97. The lowest BCUT2D eigenvalue weighted by atomic mass is 10.0. The molecule has 0 aromatic carbocycles. The van der Waals surface area contributed by atoms with Crippen LogP contribution < -0.4 is 5.32 Å². The van der Waals surface area contributed by atoms with E-state index in [1.807, 2.05) is 4.90 Å². The van der Waals surface area contributed by atoms with Crippen LogP contribution in [0.15, 0.2) is 0 Å². The number of nitrogens with zero attached hydrogens (tertiary/aromatic N) is 2. The SMILES string of the molecule is CC(C)N1CCCC(N2CCNC2=O)C1. The fourth-order valence-electron chi connectivity index (χ4n) is 2.54. The van der Waals surface area contributed by atoms with Gasteiger partial charge in [0, 0.05) is 31.7 Å². The van der Waals surface area contributed by atoms with E-state index < -0.39 is 0 Å². The van der Waals surface area contributed by atoms with Gasteiger partial charge in [-0.1, -0.05) is 0 Å². The van der Waals surface area contributed by atoms with Crippen LogP contribution in [0.5, 0.6) is 0 Å². The molecule has 0 aliphatic carbocycles. The third-order valence-electron chi connectivity index (χ3n) is 3.49. The quantitative estimate of drug-likeness (QED) is 0.736. The molecule has 0 spiro atoms. The van der Waals surface area contributed by atoms with E-state index in [0.717, 1.165) is 26.1 Å². The Morgan fingerprint density at radius 3 is 2.80 bits per heavy atom. The van der Waals surface area contributed by atoms with Crippen molar-refractivity contribution in [2.75, 3.05) is 26.2 Å². The van der Waals surface area contributed by atoms with Crippen LogP contribution in [0, 0.1) is 0 Å². The van der Waals surface area contributed by atoms with Crippen molar-refractivity contribution in [2.24, 2.45) is 0 Å². The van der Waals surface area contributed by atoms with Gasteiger partial charge >= 0.3 is 6.03 Å². The van der Waals surface area contributed by atoms with Crippen LogP contribution in [0.3, 0.4) is 0 Å². The van der Waals surface area contributed by atoms with E-state index in [4.69, 9.17) is 0 Å². The molecular weight excluding hydrogens is 190 g/mol. The summed E-state index contributed by atoms with van der Waals surface area (Å²) in [6.07, 6.45) is 2.38. The van der Waals surface area contributed by atoms with Crippen LogP contribution in [0.1, 0.15) is 26.7 Å². The molecule has 2 aliphatic heterocycles. The maximum Gasteiger partial charge on any atom is 0.317 e. The second-order valence-electron chi connectivity index (χ2n) is 4.81. The zero-order valence-corrected chi connectivity index (χ0v) is 9.70. The zero-order valence-electron chi connectivity index (χ0n) is 9.70. The lowest BCUT2D eigenvalue weighted by Crippen LogP contribution is -2.50. The van der Waals surface area contributed by atoms with Gasteiger partial charge in [-0.2, -0.15) is 0 Å². The highest BCUT2D eigenvalue weighted by atomic mass is 16.2. The molecule has 86 valence electrons. The predicted molar refractivity (Wildman–Crippen MR) is 59.8 cm³/mol. The number of likely N-dealkylation sites (tertiary alicyclic amines) is 1. The standard InChI is InChI=1S/C11H21N3O/c1-9(2)13-6-3-4-10(8-13)14-7-5-12-11(14)15/h9-10H,3-8H2,1-2H3,(H,12,15). The van der Waals surface area contributed by atoms with Gasteiger partial charge in [0.15, 0.2) is 0 Å². The number of carbonyl (C=O) groups excluding carboxylic acids is 1. The van der Waals surface area contributed by atoms with E-state index in [0.29, 0.717) is 12.1 Å². The number of hydrogen-bond acceptors (Lipinski definition) is 2. The van der Waals surface area contributed by atoms with Crippen LogP contribution in [0.2, 0.25) is 0 Å². The van der Waals surface area contributed by atoms with E-state index in [-0.39, 0.29) is 6.03 Å². The number of nitrogens with one attached hydrogen (secondary N) is 1. The molecule has 1 unspecified atom stereocenters. The van der Waals surface area contributed by atoms with Crippen molar-refractivity contribution < 1.29 is 4.79 Å². The molecule has 1 atom stereocenters. The highest BCUT2D eigenvalue weighted by molar-refractivity contribution is 5.76. The second kappa shape index (κ2) is 4.39. The summed E-state index contributed by atoms with van der Waals surface area (Å²) in [5, 5.41) is 2.88. The Labute approximate surface area is 91.6 Å². The molecule has 2 saturated heterocycles. The Bertz CT molecular complexity index is 242. The minimum atomic E-state index is 0.130. The van der Waals surface area contributed by atoms with Crippen LogP contribution in [0.4, 0.5) is 4.79 Å².